The van der Waals surface area contributed by atoms with Gasteiger partial charge in [-0.25, -0.2) is 4.79 Å². The number of hydrogen-bond acceptors (Lipinski definition) is 2. The molecule has 0 saturated carbocycles. The van der Waals surface area contributed by atoms with Crippen LogP contribution in [0.2, 0.25) is 5.02 Å². The van der Waals surface area contributed by atoms with E-state index in [1.54, 1.807) is 23.9 Å². The maximum absolute atomic E-state index is 10.4. The number of rotatable bonds is 3. The lowest BCUT2D eigenvalue weighted by Gasteiger charge is -2.04. The number of amides is 1. The van der Waals surface area contributed by atoms with Crippen LogP contribution in [-0.4, -0.2) is 11.2 Å². The zero-order valence-electron chi connectivity index (χ0n) is 9.26. The highest BCUT2D eigenvalue weighted by molar-refractivity contribution is 7.99. The molecule has 0 unspecified atom stereocenters. The van der Waals surface area contributed by atoms with Crippen molar-refractivity contribution in [1.82, 2.24) is 0 Å². The molecule has 2 rings (SSSR count). The standard InChI is InChI=1S/C13H10ClNO2S/c14-9-1-5-11(6-2-9)18-12-7-3-10(4-8-12)15-13(16)17/h1-8,15H,(H,16,17). The lowest BCUT2D eigenvalue weighted by molar-refractivity contribution is 0.210. The lowest BCUT2D eigenvalue weighted by atomic mass is 10.3. The molecular formula is C13H10ClNO2S. The summed E-state index contributed by atoms with van der Waals surface area (Å²) in [6.07, 6.45) is -1.06. The first-order valence-corrected chi connectivity index (χ1v) is 6.36. The third-order valence-electron chi connectivity index (χ3n) is 2.15. The van der Waals surface area contributed by atoms with Gasteiger partial charge in [0, 0.05) is 20.5 Å². The molecular weight excluding hydrogens is 270 g/mol. The number of anilines is 1. The summed E-state index contributed by atoms with van der Waals surface area (Å²) in [7, 11) is 0. The second kappa shape index (κ2) is 5.80. The Morgan fingerprint density at radius 3 is 2.00 bits per heavy atom. The summed E-state index contributed by atoms with van der Waals surface area (Å²) in [5.74, 6) is 0. The Morgan fingerprint density at radius 1 is 1.00 bits per heavy atom. The first kappa shape index (κ1) is 12.8. The van der Waals surface area contributed by atoms with Crippen LogP contribution in [0.3, 0.4) is 0 Å². The SMILES string of the molecule is O=C(O)Nc1ccc(Sc2ccc(Cl)cc2)cc1. The molecule has 1 amide bonds. The van der Waals surface area contributed by atoms with Crippen LogP contribution in [0.15, 0.2) is 58.3 Å². The predicted octanol–water partition coefficient (Wildman–Crippen LogP) is 4.58. The Bertz CT molecular complexity index is 540. The zero-order valence-corrected chi connectivity index (χ0v) is 10.8. The van der Waals surface area contributed by atoms with Gasteiger partial charge in [0.2, 0.25) is 0 Å². The minimum absolute atomic E-state index is 0.558. The summed E-state index contributed by atoms with van der Waals surface area (Å²) < 4.78 is 0. The molecule has 0 aliphatic carbocycles. The molecule has 5 heteroatoms. The molecule has 0 fully saturated rings. The third-order valence-corrected chi connectivity index (χ3v) is 3.42. The fourth-order valence-electron chi connectivity index (χ4n) is 1.37. The minimum atomic E-state index is -1.06. The van der Waals surface area contributed by atoms with Crippen molar-refractivity contribution in [3.8, 4) is 0 Å². The fourth-order valence-corrected chi connectivity index (χ4v) is 2.31. The first-order valence-electron chi connectivity index (χ1n) is 5.17. The number of nitrogens with one attached hydrogen (secondary N) is 1. The molecule has 2 aromatic carbocycles. The highest BCUT2D eigenvalue weighted by atomic mass is 35.5. The number of carboxylic acid groups (broad SMARTS) is 1. The van der Waals surface area contributed by atoms with Crippen molar-refractivity contribution in [2.45, 2.75) is 9.79 Å². The summed E-state index contributed by atoms with van der Waals surface area (Å²) in [5.41, 5.74) is 0.558. The van der Waals surface area contributed by atoms with Crippen molar-refractivity contribution >= 4 is 35.1 Å². The van der Waals surface area contributed by atoms with Crippen molar-refractivity contribution in [3.63, 3.8) is 0 Å². The number of halogens is 1. The van der Waals surface area contributed by atoms with Crippen LogP contribution in [0.25, 0.3) is 0 Å². The number of benzene rings is 2. The molecule has 0 bridgehead atoms. The predicted molar refractivity (Wildman–Crippen MR) is 73.7 cm³/mol. The topological polar surface area (TPSA) is 49.3 Å². The summed E-state index contributed by atoms with van der Waals surface area (Å²) in [5, 5.41) is 11.6. The largest absolute Gasteiger partial charge is 0.465 e. The molecule has 0 saturated heterocycles. The number of carbonyl (C=O) groups is 1. The van der Waals surface area contributed by atoms with Crippen LogP contribution in [-0.2, 0) is 0 Å². The monoisotopic (exact) mass is 279 g/mol. The summed E-state index contributed by atoms with van der Waals surface area (Å²) in [6.45, 7) is 0. The molecule has 0 aromatic heterocycles. The van der Waals surface area contributed by atoms with Crippen molar-refractivity contribution in [2.75, 3.05) is 5.32 Å². The second-order valence-corrected chi connectivity index (χ2v) is 5.09. The Kier molecular flexibility index (Phi) is 4.12. The van der Waals surface area contributed by atoms with E-state index in [1.807, 2.05) is 36.4 Å². The normalized spacial score (nSPS) is 10.1. The molecule has 0 radical (unpaired) electrons. The van der Waals surface area contributed by atoms with E-state index in [2.05, 4.69) is 5.32 Å². The highest BCUT2D eigenvalue weighted by Gasteiger charge is 2.00. The van der Waals surface area contributed by atoms with Crippen molar-refractivity contribution in [1.29, 1.82) is 0 Å². The third kappa shape index (κ3) is 3.68. The fraction of sp³-hybridized carbons (Fsp3) is 0. The van der Waals surface area contributed by atoms with E-state index >= 15 is 0 Å². The van der Waals surface area contributed by atoms with Crippen molar-refractivity contribution in [3.05, 3.63) is 53.6 Å². The Balaban J connectivity index is 2.06. The Morgan fingerprint density at radius 2 is 1.50 bits per heavy atom. The van der Waals surface area contributed by atoms with Gasteiger partial charge in [0.25, 0.3) is 0 Å². The quantitative estimate of drug-likeness (QED) is 0.864. The molecule has 0 spiro atoms. The van der Waals surface area contributed by atoms with Gasteiger partial charge in [0.05, 0.1) is 0 Å². The summed E-state index contributed by atoms with van der Waals surface area (Å²) >= 11 is 7.40. The van der Waals surface area contributed by atoms with Crippen LogP contribution < -0.4 is 5.32 Å². The average Bonchev–Trinajstić information content (AvgIpc) is 2.34. The molecule has 0 aliphatic heterocycles. The van der Waals surface area contributed by atoms with Crippen LogP contribution in [0.5, 0.6) is 0 Å². The van der Waals surface area contributed by atoms with E-state index in [1.165, 1.54) is 0 Å². The van der Waals surface area contributed by atoms with Crippen LogP contribution in [0.1, 0.15) is 0 Å². The van der Waals surface area contributed by atoms with E-state index in [0.717, 1.165) is 9.79 Å². The average molecular weight is 280 g/mol. The van der Waals surface area contributed by atoms with E-state index < -0.39 is 6.09 Å². The number of hydrogen-bond donors (Lipinski definition) is 2. The van der Waals surface area contributed by atoms with E-state index in [0.29, 0.717) is 10.7 Å². The van der Waals surface area contributed by atoms with Crippen molar-refractivity contribution in [2.24, 2.45) is 0 Å². The van der Waals surface area contributed by atoms with Gasteiger partial charge >= 0.3 is 6.09 Å². The summed E-state index contributed by atoms with van der Waals surface area (Å²) in [4.78, 5) is 12.6. The zero-order chi connectivity index (χ0) is 13.0. The van der Waals surface area contributed by atoms with Gasteiger partial charge in [-0.2, -0.15) is 0 Å². The van der Waals surface area contributed by atoms with Crippen molar-refractivity contribution < 1.29 is 9.90 Å². The lowest BCUT2D eigenvalue weighted by Crippen LogP contribution is -2.06. The molecule has 92 valence electrons. The molecule has 2 aromatic rings. The van der Waals surface area contributed by atoms with Gasteiger partial charge in [-0.1, -0.05) is 23.4 Å². The molecule has 18 heavy (non-hydrogen) atoms. The van der Waals surface area contributed by atoms with E-state index in [4.69, 9.17) is 16.7 Å². The molecule has 0 atom stereocenters. The van der Waals surface area contributed by atoms with Gasteiger partial charge in [0.15, 0.2) is 0 Å². The Labute approximate surface area is 114 Å². The van der Waals surface area contributed by atoms with Crippen LogP contribution in [0.4, 0.5) is 10.5 Å². The van der Waals surface area contributed by atoms with E-state index in [9.17, 15) is 4.79 Å². The van der Waals surface area contributed by atoms with Gasteiger partial charge in [0.1, 0.15) is 0 Å². The van der Waals surface area contributed by atoms with Crippen LogP contribution >= 0.6 is 23.4 Å². The van der Waals surface area contributed by atoms with Gasteiger partial charge in [-0.3, -0.25) is 5.32 Å². The molecule has 2 N–H and O–H groups in total. The molecule has 0 aliphatic rings. The smallest absolute Gasteiger partial charge is 0.409 e. The van der Waals surface area contributed by atoms with Gasteiger partial charge in [-0.15, -0.1) is 0 Å². The van der Waals surface area contributed by atoms with Crippen LogP contribution in [0, 0.1) is 0 Å². The Hall–Kier alpha value is -1.65. The van der Waals surface area contributed by atoms with Gasteiger partial charge in [-0.05, 0) is 48.5 Å². The van der Waals surface area contributed by atoms with E-state index in [-0.39, 0.29) is 0 Å². The van der Waals surface area contributed by atoms with Gasteiger partial charge < -0.3 is 5.11 Å². The first-order chi connectivity index (χ1) is 8.63. The minimum Gasteiger partial charge on any atom is -0.465 e. The molecule has 3 nitrogen and oxygen atoms in total. The maximum Gasteiger partial charge on any atom is 0.409 e. The molecule has 0 heterocycles. The maximum atomic E-state index is 10.4. The summed E-state index contributed by atoms with van der Waals surface area (Å²) in [6, 6.07) is 14.7. The second-order valence-electron chi connectivity index (χ2n) is 3.51. The highest BCUT2D eigenvalue weighted by Crippen LogP contribution is 2.29.